The smallest absolute Gasteiger partial charge is 0.288 e. The Hall–Kier alpha value is -4.24. The third-order valence-electron chi connectivity index (χ3n) is 9.86. The van der Waals surface area contributed by atoms with E-state index < -0.39 is 8.32 Å². The van der Waals surface area contributed by atoms with E-state index in [1.807, 2.05) is 0 Å². The Morgan fingerprint density at radius 1 is 0.651 bits per heavy atom. The highest BCUT2D eigenvalue weighted by Crippen LogP contribution is 2.56. The first kappa shape index (κ1) is 27.6. The van der Waals surface area contributed by atoms with E-state index in [-0.39, 0.29) is 5.41 Å². The van der Waals surface area contributed by atoms with Gasteiger partial charge in [-0.15, -0.1) is 0 Å². The van der Waals surface area contributed by atoms with Crippen LogP contribution in [0.5, 0.6) is 0 Å². The molecule has 0 amide bonds. The molecule has 0 aromatic heterocycles. The van der Waals surface area contributed by atoms with Crippen LogP contribution in [-0.2, 0) is 4.43 Å². The molecule has 3 atom stereocenters. The van der Waals surface area contributed by atoms with E-state index >= 15 is 0 Å². The molecule has 4 aromatic rings. The van der Waals surface area contributed by atoms with Crippen molar-refractivity contribution >= 4 is 30.0 Å². The van der Waals surface area contributed by atoms with Gasteiger partial charge in [-0.2, -0.15) is 0 Å². The molecular weight excluding hydrogens is 537 g/mol. The second kappa shape index (κ2) is 11.8. The summed E-state index contributed by atoms with van der Waals surface area (Å²) in [7, 11) is -2.80. The highest BCUT2D eigenvalue weighted by atomic mass is 28.4. The minimum atomic E-state index is -2.80. The molecule has 3 aliphatic carbocycles. The fraction of sp³-hybridized carbons (Fsp3) is 0.171. The summed E-state index contributed by atoms with van der Waals surface area (Å²) < 4.78 is 7.53. The van der Waals surface area contributed by atoms with Gasteiger partial charge in [-0.05, 0) is 45.1 Å². The largest absolute Gasteiger partial charge is 0.404 e. The minimum absolute atomic E-state index is 0.0776. The lowest BCUT2D eigenvalue weighted by Gasteiger charge is -2.44. The standard InChI is InChI=1S/C41H38OSi/c1-2-41(39-28-26-32-16-12-14-24-37(32)39,40-29-27-33-17-13-15-25-38(33)40)30-31-42-43(34-18-6-3-7-19-34,35-20-8-4-9-21-35)36-22-10-5-11-23-36/h3-29,37,40H,2,30-31H2,1H3. The van der Waals surface area contributed by atoms with Crippen molar-refractivity contribution in [3.05, 3.63) is 180 Å². The van der Waals surface area contributed by atoms with Crippen LogP contribution in [0.25, 0.3) is 6.08 Å². The predicted molar refractivity (Wildman–Crippen MR) is 183 cm³/mol. The zero-order chi connectivity index (χ0) is 29.1. The van der Waals surface area contributed by atoms with Crippen LogP contribution in [0.15, 0.2) is 169 Å². The van der Waals surface area contributed by atoms with Gasteiger partial charge in [0.25, 0.3) is 8.32 Å². The van der Waals surface area contributed by atoms with Crippen molar-refractivity contribution in [2.24, 2.45) is 11.3 Å². The van der Waals surface area contributed by atoms with Crippen molar-refractivity contribution in [2.45, 2.75) is 25.7 Å². The van der Waals surface area contributed by atoms with Gasteiger partial charge in [0.2, 0.25) is 0 Å². The van der Waals surface area contributed by atoms with Gasteiger partial charge in [0, 0.05) is 23.9 Å². The van der Waals surface area contributed by atoms with Crippen molar-refractivity contribution < 1.29 is 4.43 Å². The van der Waals surface area contributed by atoms with E-state index in [4.69, 9.17) is 4.43 Å². The number of benzene rings is 4. The first-order valence-electron chi connectivity index (χ1n) is 15.6. The summed E-state index contributed by atoms with van der Waals surface area (Å²) in [5, 5.41) is 3.85. The summed E-state index contributed by atoms with van der Waals surface area (Å²) in [6.45, 7) is 3.05. The fourth-order valence-electron chi connectivity index (χ4n) is 7.73. The highest BCUT2D eigenvalue weighted by Gasteiger charge is 2.47. The zero-order valence-corrected chi connectivity index (χ0v) is 25.8. The van der Waals surface area contributed by atoms with Crippen molar-refractivity contribution in [3.63, 3.8) is 0 Å². The van der Waals surface area contributed by atoms with Crippen LogP contribution in [0.1, 0.15) is 36.8 Å². The molecule has 2 heteroatoms. The molecule has 0 spiro atoms. The molecule has 3 aliphatic rings. The molecule has 7 rings (SSSR count). The summed E-state index contributed by atoms with van der Waals surface area (Å²) in [4.78, 5) is 0. The molecule has 0 heterocycles. The lowest BCUT2D eigenvalue weighted by atomic mass is 9.61. The predicted octanol–water partition coefficient (Wildman–Crippen LogP) is 7.88. The Kier molecular flexibility index (Phi) is 7.57. The maximum atomic E-state index is 7.53. The zero-order valence-electron chi connectivity index (χ0n) is 24.8. The number of allylic oxidation sites excluding steroid dienone is 9. The lowest BCUT2D eigenvalue weighted by molar-refractivity contribution is 0.198. The third kappa shape index (κ3) is 4.76. The van der Waals surface area contributed by atoms with Crippen LogP contribution in [0.4, 0.5) is 0 Å². The fourth-order valence-corrected chi connectivity index (χ4v) is 11.6. The van der Waals surface area contributed by atoms with Crippen molar-refractivity contribution in [2.75, 3.05) is 6.61 Å². The molecule has 0 aliphatic heterocycles. The molecule has 1 nitrogen and oxygen atoms in total. The van der Waals surface area contributed by atoms with Crippen LogP contribution in [0, 0.1) is 11.3 Å². The maximum absolute atomic E-state index is 7.53. The van der Waals surface area contributed by atoms with E-state index in [0.29, 0.717) is 18.4 Å². The molecule has 212 valence electrons. The summed E-state index contributed by atoms with van der Waals surface area (Å²) >= 11 is 0. The van der Waals surface area contributed by atoms with Crippen molar-refractivity contribution in [1.82, 2.24) is 0 Å². The van der Waals surface area contributed by atoms with Gasteiger partial charge < -0.3 is 4.43 Å². The van der Waals surface area contributed by atoms with E-state index in [9.17, 15) is 0 Å². The molecule has 0 bridgehead atoms. The van der Waals surface area contributed by atoms with Crippen LogP contribution >= 0.6 is 0 Å². The number of fused-ring (bicyclic) bond motifs is 2. The second-order valence-corrected chi connectivity index (χ2v) is 15.2. The summed E-state index contributed by atoms with van der Waals surface area (Å²) in [6.07, 6.45) is 20.6. The van der Waals surface area contributed by atoms with Gasteiger partial charge >= 0.3 is 0 Å². The average molecular weight is 575 g/mol. The second-order valence-electron chi connectivity index (χ2n) is 11.9. The quantitative estimate of drug-likeness (QED) is 0.138. The maximum Gasteiger partial charge on any atom is 0.288 e. The molecule has 0 radical (unpaired) electrons. The molecule has 0 N–H and O–H groups in total. The monoisotopic (exact) mass is 574 g/mol. The number of hydrogen-bond donors (Lipinski definition) is 0. The van der Waals surface area contributed by atoms with E-state index in [1.165, 1.54) is 37.8 Å². The Morgan fingerprint density at radius 3 is 1.88 bits per heavy atom. The Morgan fingerprint density at radius 2 is 1.26 bits per heavy atom. The third-order valence-corrected chi connectivity index (χ3v) is 13.9. The number of hydrogen-bond acceptors (Lipinski definition) is 1. The van der Waals surface area contributed by atoms with E-state index in [2.05, 4.69) is 171 Å². The first-order chi connectivity index (χ1) is 21.3. The average Bonchev–Trinajstić information content (AvgIpc) is 3.72. The Balaban J connectivity index is 1.32. The van der Waals surface area contributed by atoms with Gasteiger partial charge in [0.15, 0.2) is 0 Å². The van der Waals surface area contributed by atoms with Gasteiger partial charge in [-0.3, -0.25) is 0 Å². The summed E-state index contributed by atoms with van der Waals surface area (Å²) in [5.74, 6) is 0.627. The highest BCUT2D eigenvalue weighted by molar-refractivity contribution is 7.07. The van der Waals surface area contributed by atoms with Crippen LogP contribution in [-0.4, -0.2) is 14.9 Å². The van der Waals surface area contributed by atoms with Gasteiger partial charge in [-0.25, -0.2) is 0 Å². The van der Waals surface area contributed by atoms with Gasteiger partial charge in [0.1, 0.15) is 0 Å². The van der Waals surface area contributed by atoms with Crippen LogP contribution in [0.3, 0.4) is 0 Å². The lowest BCUT2D eigenvalue weighted by Crippen LogP contribution is -2.69. The minimum Gasteiger partial charge on any atom is -0.404 e. The molecule has 0 saturated carbocycles. The van der Waals surface area contributed by atoms with Crippen molar-refractivity contribution in [1.29, 1.82) is 0 Å². The number of rotatable bonds is 10. The molecule has 0 saturated heterocycles. The van der Waals surface area contributed by atoms with Crippen LogP contribution < -0.4 is 15.6 Å². The first-order valence-corrected chi connectivity index (χ1v) is 17.5. The molecule has 3 unspecified atom stereocenters. The SMILES string of the molecule is CCC(CCO[Si](c1ccccc1)(c1ccccc1)c1ccccc1)(C1=CC=C2C=CC=CC21)C1C=Cc2ccccc21. The topological polar surface area (TPSA) is 9.23 Å². The van der Waals surface area contributed by atoms with E-state index in [0.717, 1.165) is 12.8 Å². The van der Waals surface area contributed by atoms with Gasteiger partial charge in [0.05, 0.1) is 0 Å². The normalized spacial score (nSPS) is 19.8. The molecule has 43 heavy (non-hydrogen) atoms. The van der Waals surface area contributed by atoms with Gasteiger partial charge in [-0.1, -0.05) is 176 Å². The van der Waals surface area contributed by atoms with Crippen molar-refractivity contribution in [3.8, 4) is 0 Å². The molecular formula is C41H38OSi. The Labute approximate surface area is 257 Å². The summed E-state index contributed by atoms with van der Waals surface area (Å²) in [6, 6.07) is 41.8. The summed E-state index contributed by atoms with van der Waals surface area (Å²) in [5.41, 5.74) is 5.62. The molecule has 0 fully saturated rings. The van der Waals surface area contributed by atoms with Crippen LogP contribution in [0.2, 0.25) is 0 Å². The Bertz CT molecular complexity index is 1630. The van der Waals surface area contributed by atoms with E-state index in [1.54, 1.807) is 0 Å². The molecule has 4 aromatic carbocycles.